The van der Waals surface area contributed by atoms with Crippen LogP contribution < -0.4 is 5.32 Å². The summed E-state index contributed by atoms with van der Waals surface area (Å²) in [5.41, 5.74) is 2.23. The van der Waals surface area contributed by atoms with Crippen LogP contribution in [0.4, 0.5) is 0 Å². The Kier molecular flexibility index (Phi) is 6.43. The van der Waals surface area contributed by atoms with Gasteiger partial charge in [-0.05, 0) is 61.6 Å². The van der Waals surface area contributed by atoms with Gasteiger partial charge in [-0.25, -0.2) is 8.42 Å². The molecule has 0 unspecified atom stereocenters. The van der Waals surface area contributed by atoms with Crippen molar-refractivity contribution in [2.45, 2.75) is 50.1 Å². The van der Waals surface area contributed by atoms with Gasteiger partial charge < -0.3 is 5.32 Å². The van der Waals surface area contributed by atoms with E-state index in [1.54, 1.807) is 12.1 Å². The van der Waals surface area contributed by atoms with Crippen molar-refractivity contribution < 1.29 is 13.2 Å². The quantitative estimate of drug-likeness (QED) is 0.769. The number of halogens is 1. The molecule has 0 saturated carbocycles. The largest absolute Gasteiger partial charge is 0.348 e. The average Bonchev–Trinajstić information content (AvgIpc) is 3.19. The van der Waals surface area contributed by atoms with Crippen molar-refractivity contribution in [3.63, 3.8) is 0 Å². The van der Waals surface area contributed by atoms with Gasteiger partial charge in [-0.15, -0.1) is 0 Å². The summed E-state index contributed by atoms with van der Waals surface area (Å²) in [5.74, 6) is -0.262. The van der Waals surface area contributed by atoms with Crippen molar-refractivity contribution >= 4 is 27.5 Å². The number of aryl methyl sites for hydroxylation is 1. The van der Waals surface area contributed by atoms with Crippen LogP contribution in [0.5, 0.6) is 0 Å². The van der Waals surface area contributed by atoms with E-state index in [0.717, 1.165) is 12.0 Å². The van der Waals surface area contributed by atoms with E-state index in [-0.39, 0.29) is 16.8 Å². The van der Waals surface area contributed by atoms with Crippen LogP contribution in [-0.4, -0.2) is 31.2 Å². The Balaban J connectivity index is 1.74. The molecule has 1 amide bonds. The second-order valence-corrected chi connectivity index (χ2v) is 9.38. The molecule has 1 aliphatic rings. The molecule has 28 heavy (non-hydrogen) atoms. The maximum atomic E-state index is 13.0. The van der Waals surface area contributed by atoms with Crippen LogP contribution in [0.15, 0.2) is 53.4 Å². The zero-order valence-corrected chi connectivity index (χ0v) is 17.6. The van der Waals surface area contributed by atoms with Gasteiger partial charge in [-0.1, -0.05) is 42.8 Å². The van der Waals surface area contributed by atoms with E-state index in [2.05, 4.69) is 12.2 Å². The van der Waals surface area contributed by atoms with Gasteiger partial charge in [0.2, 0.25) is 15.9 Å². The molecule has 2 atom stereocenters. The van der Waals surface area contributed by atoms with Crippen molar-refractivity contribution in [3.05, 3.63) is 64.7 Å². The molecule has 0 aromatic heterocycles. The molecule has 3 rings (SSSR count). The van der Waals surface area contributed by atoms with Crippen molar-refractivity contribution in [1.29, 1.82) is 0 Å². The number of benzene rings is 2. The Hall–Kier alpha value is -1.89. The lowest BCUT2D eigenvalue weighted by atomic mass is 10.0. The van der Waals surface area contributed by atoms with E-state index in [1.165, 1.54) is 22.0 Å². The molecule has 2 aromatic carbocycles. The van der Waals surface area contributed by atoms with Gasteiger partial charge in [-0.2, -0.15) is 4.31 Å². The van der Waals surface area contributed by atoms with E-state index in [1.807, 2.05) is 31.2 Å². The summed E-state index contributed by atoms with van der Waals surface area (Å²) in [4.78, 5) is 13.0. The summed E-state index contributed by atoms with van der Waals surface area (Å²) in [5, 5.41) is 3.44. The zero-order valence-electron chi connectivity index (χ0n) is 16.1. The summed E-state index contributed by atoms with van der Waals surface area (Å²) in [6, 6.07) is 13.2. The molecule has 7 heteroatoms. The second-order valence-electron chi connectivity index (χ2n) is 7.05. The van der Waals surface area contributed by atoms with Gasteiger partial charge in [0, 0.05) is 11.6 Å². The zero-order chi connectivity index (χ0) is 20.3. The van der Waals surface area contributed by atoms with Crippen LogP contribution in [-0.2, 0) is 21.2 Å². The first kappa shape index (κ1) is 20.8. The molecule has 1 heterocycles. The lowest BCUT2D eigenvalue weighted by molar-refractivity contribution is -0.124. The van der Waals surface area contributed by atoms with E-state index < -0.39 is 16.1 Å². The van der Waals surface area contributed by atoms with Crippen molar-refractivity contribution in [2.24, 2.45) is 0 Å². The highest BCUT2D eigenvalue weighted by atomic mass is 35.5. The number of carbonyl (C=O) groups is 1. The number of hydrogen-bond donors (Lipinski definition) is 1. The van der Waals surface area contributed by atoms with E-state index in [0.29, 0.717) is 24.4 Å². The number of amides is 1. The van der Waals surface area contributed by atoms with Crippen molar-refractivity contribution in [1.82, 2.24) is 9.62 Å². The SMILES string of the molecule is CCc1ccc([C@@H](C)NC(=O)[C@@H]2CCCN2S(=O)(=O)c2ccc(Cl)cc2)cc1. The summed E-state index contributed by atoms with van der Waals surface area (Å²) in [7, 11) is -3.75. The summed E-state index contributed by atoms with van der Waals surface area (Å²) in [6.45, 7) is 4.34. The second kappa shape index (κ2) is 8.64. The molecular weight excluding hydrogens is 396 g/mol. The topological polar surface area (TPSA) is 66.5 Å². The number of rotatable bonds is 6. The monoisotopic (exact) mass is 420 g/mol. The van der Waals surface area contributed by atoms with Gasteiger partial charge in [0.15, 0.2) is 0 Å². The summed E-state index contributed by atoms with van der Waals surface area (Å²) < 4.78 is 27.3. The number of nitrogens with one attached hydrogen (secondary N) is 1. The van der Waals surface area contributed by atoms with E-state index >= 15 is 0 Å². The molecule has 1 fully saturated rings. The molecule has 1 N–H and O–H groups in total. The third-order valence-corrected chi connectivity index (χ3v) is 7.35. The molecule has 1 saturated heterocycles. The van der Waals surface area contributed by atoms with Crippen LogP contribution in [0.3, 0.4) is 0 Å². The summed E-state index contributed by atoms with van der Waals surface area (Å²) >= 11 is 5.86. The maximum absolute atomic E-state index is 13.0. The highest BCUT2D eigenvalue weighted by Gasteiger charge is 2.39. The molecule has 0 radical (unpaired) electrons. The molecule has 150 valence electrons. The molecule has 1 aliphatic heterocycles. The smallest absolute Gasteiger partial charge is 0.243 e. The Morgan fingerprint density at radius 2 is 1.82 bits per heavy atom. The Morgan fingerprint density at radius 1 is 1.18 bits per heavy atom. The minimum Gasteiger partial charge on any atom is -0.348 e. The van der Waals surface area contributed by atoms with Gasteiger partial charge in [0.1, 0.15) is 6.04 Å². The van der Waals surface area contributed by atoms with Crippen molar-refractivity contribution in [3.8, 4) is 0 Å². The number of sulfonamides is 1. The molecule has 5 nitrogen and oxygen atoms in total. The first-order chi connectivity index (χ1) is 13.3. The van der Waals surface area contributed by atoms with Gasteiger partial charge in [-0.3, -0.25) is 4.79 Å². The number of hydrogen-bond acceptors (Lipinski definition) is 3. The first-order valence-corrected chi connectivity index (χ1v) is 11.3. The molecule has 0 spiro atoms. The highest BCUT2D eigenvalue weighted by Crippen LogP contribution is 2.27. The van der Waals surface area contributed by atoms with Gasteiger partial charge in [0.25, 0.3) is 0 Å². The Labute approximate surface area is 171 Å². The minimum atomic E-state index is -3.75. The van der Waals surface area contributed by atoms with E-state index in [4.69, 9.17) is 11.6 Å². The number of nitrogens with zero attached hydrogens (tertiary/aromatic N) is 1. The highest BCUT2D eigenvalue weighted by molar-refractivity contribution is 7.89. The fraction of sp³-hybridized carbons (Fsp3) is 0.381. The molecule has 0 bridgehead atoms. The average molecular weight is 421 g/mol. The lowest BCUT2D eigenvalue weighted by Gasteiger charge is -2.25. The number of carbonyl (C=O) groups excluding carboxylic acids is 1. The predicted octanol–water partition coefficient (Wildman–Crippen LogP) is 3.93. The van der Waals surface area contributed by atoms with Gasteiger partial charge in [0.05, 0.1) is 10.9 Å². The fourth-order valence-corrected chi connectivity index (χ4v) is 5.25. The normalized spacial score (nSPS) is 18.8. The fourth-order valence-electron chi connectivity index (χ4n) is 3.47. The van der Waals surface area contributed by atoms with Crippen LogP contribution in [0.2, 0.25) is 5.02 Å². The van der Waals surface area contributed by atoms with Crippen LogP contribution in [0.1, 0.15) is 43.9 Å². The van der Waals surface area contributed by atoms with Crippen LogP contribution in [0.25, 0.3) is 0 Å². The molecule has 0 aliphatic carbocycles. The standard InChI is InChI=1S/C21H25ClN2O3S/c1-3-16-6-8-17(9-7-16)15(2)23-21(25)20-5-4-14-24(20)28(26,27)19-12-10-18(22)11-13-19/h6-13,15,20H,3-5,14H2,1-2H3,(H,23,25)/t15-,20+/m1/s1. The van der Waals surface area contributed by atoms with Crippen molar-refractivity contribution in [2.75, 3.05) is 6.54 Å². The minimum absolute atomic E-state index is 0.153. The van der Waals surface area contributed by atoms with Crippen LogP contribution >= 0.6 is 11.6 Å². The molecular formula is C21H25ClN2O3S. The Morgan fingerprint density at radius 3 is 2.43 bits per heavy atom. The third kappa shape index (κ3) is 4.40. The summed E-state index contributed by atoms with van der Waals surface area (Å²) in [6.07, 6.45) is 2.13. The lowest BCUT2D eigenvalue weighted by Crippen LogP contribution is -2.46. The van der Waals surface area contributed by atoms with Crippen LogP contribution in [0, 0.1) is 0 Å². The first-order valence-electron chi connectivity index (χ1n) is 9.49. The third-order valence-electron chi connectivity index (χ3n) is 5.17. The van der Waals surface area contributed by atoms with E-state index in [9.17, 15) is 13.2 Å². The Bertz CT molecular complexity index is 927. The van der Waals surface area contributed by atoms with Gasteiger partial charge >= 0.3 is 0 Å². The predicted molar refractivity (Wildman–Crippen MR) is 111 cm³/mol. The molecule has 2 aromatic rings. The maximum Gasteiger partial charge on any atom is 0.243 e.